The summed E-state index contributed by atoms with van der Waals surface area (Å²) in [4.78, 5) is 25.4. The van der Waals surface area contributed by atoms with E-state index in [1.807, 2.05) is 31.2 Å². The molecule has 0 atom stereocenters. The van der Waals surface area contributed by atoms with E-state index < -0.39 is 0 Å². The number of aromatic nitrogens is 3. The molecule has 0 saturated carbocycles. The van der Waals surface area contributed by atoms with Gasteiger partial charge in [0.25, 0.3) is 0 Å². The van der Waals surface area contributed by atoms with Crippen LogP contribution in [0.25, 0.3) is 33.4 Å². The first-order chi connectivity index (χ1) is 16.0. The molecule has 3 heterocycles. The molecule has 0 aliphatic rings. The molecule has 0 radical (unpaired) electrons. The Labute approximate surface area is 191 Å². The number of pyridine rings is 2. The maximum Gasteiger partial charge on any atom is 0.245 e. The number of carbonyl (C=O) groups is 1. The van der Waals surface area contributed by atoms with Gasteiger partial charge in [-0.25, -0.2) is 4.39 Å². The van der Waals surface area contributed by atoms with Crippen molar-refractivity contribution >= 4 is 16.9 Å². The minimum atomic E-state index is -0.318. The highest BCUT2D eigenvalue weighted by atomic mass is 19.1. The predicted octanol–water partition coefficient (Wildman–Crippen LogP) is 5.02. The molecular weight excluding hydrogens is 419 g/mol. The van der Waals surface area contributed by atoms with E-state index in [9.17, 15) is 4.79 Å². The normalized spacial score (nSPS) is 10.9. The van der Waals surface area contributed by atoms with E-state index >= 15 is 4.39 Å². The van der Waals surface area contributed by atoms with Crippen LogP contribution in [0, 0.1) is 5.82 Å². The molecule has 0 aliphatic carbocycles. The third kappa shape index (κ3) is 4.48. The van der Waals surface area contributed by atoms with Gasteiger partial charge in [-0.05, 0) is 48.4 Å². The van der Waals surface area contributed by atoms with Crippen LogP contribution in [-0.2, 0) is 11.2 Å². The van der Waals surface area contributed by atoms with E-state index in [1.54, 1.807) is 31.7 Å². The van der Waals surface area contributed by atoms with Gasteiger partial charge in [-0.15, -0.1) is 0 Å². The summed E-state index contributed by atoms with van der Waals surface area (Å²) in [5.74, 6) is 0.0261. The second kappa shape index (κ2) is 9.65. The third-order valence-corrected chi connectivity index (χ3v) is 5.55. The molecule has 33 heavy (non-hydrogen) atoms. The van der Waals surface area contributed by atoms with Gasteiger partial charge in [0.15, 0.2) is 0 Å². The summed E-state index contributed by atoms with van der Waals surface area (Å²) in [6, 6.07) is 10.7. The Kier molecular flexibility index (Phi) is 6.49. The highest BCUT2D eigenvalue weighted by Crippen LogP contribution is 2.41. The first-order valence-electron chi connectivity index (χ1n) is 10.7. The van der Waals surface area contributed by atoms with Crippen LogP contribution < -0.4 is 4.74 Å². The van der Waals surface area contributed by atoms with Gasteiger partial charge in [-0.1, -0.05) is 19.6 Å². The van der Waals surface area contributed by atoms with Crippen LogP contribution in [-0.4, -0.2) is 46.0 Å². The number of aromatic amines is 1. The fraction of sp³-hybridized carbons (Fsp3) is 0.192. The second-order valence-corrected chi connectivity index (χ2v) is 7.63. The zero-order valence-corrected chi connectivity index (χ0v) is 18.6. The summed E-state index contributed by atoms with van der Waals surface area (Å²) >= 11 is 0. The number of hydrogen-bond acceptors (Lipinski definition) is 4. The predicted molar refractivity (Wildman–Crippen MR) is 127 cm³/mol. The first kappa shape index (κ1) is 22.2. The van der Waals surface area contributed by atoms with E-state index in [-0.39, 0.29) is 18.3 Å². The van der Waals surface area contributed by atoms with Crippen molar-refractivity contribution < 1.29 is 13.9 Å². The summed E-state index contributed by atoms with van der Waals surface area (Å²) < 4.78 is 21.1. The molecule has 0 fully saturated rings. The van der Waals surface area contributed by atoms with Crippen LogP contribution in [0.3, 0.4) is 0 Å². The van der Waals surface area contributed by atoms with Gasteiger partial charge < -0.3 is 14.6 Å². The van der Waals surface area contributed by atoms with Crippen LogP contribution in [0.2, 0.25) is 0 Å². The van der Waals surface area contributed by atoms with E-state index in [1.165, 1.54) is 17.0 Å². The standard InChI is InChI=1S/C26H25FN4O2/c1-4-17-8-9-20(27)19(15-17)24-25(30-21-7-6-11-29-26(21)24)18-10-12-28-16-22(18)33-14-13-31(3)23(32)5-2/h5-12,15-16,30H,2,4,13-14H2,1,3H3. The fourth-order valence-corrected chi connectivity index (χ4v) is 3.73. The Morgan fingerprint density at radius 2 is 2.09 bits per heavy atom. The zero-order chi connectivity index (χ0) is 23.4. The molecule has 6 nitrogen and oxygen atoms in total. The average molecular weight is 445 g/mol. The van der Waals surface area contributed by atoms with Gasteiger partial charge in [0.05, 0.1) is 29.5 Å². The van der Waals surface area contributed by atoms with Crippen LogP contribution in [0.4, 0.5) is 4.39 Å². The summed E-state index contributed by atoms with van der Waals surface area (Å²) in [5.41, 5.74) is 5.09. The number of aryl methyl sites for hydroxylation is 1. The Hall–Kier alpha value is -4.00. The topological polar surface area (TPSA) is 71.1 Å². The number of likely N-dealkylation sites (N-methyl/N-ethyl adjacent to an activating group) is 1. The number of amides is 1. The largest absolute Gasteiger partial charge is 0.489 e. The quantitative estimate of drug-likeness (QED) is 0.388. The lowest BCUT2D eigenvalue weighted by Gasteiger charge is -2.17. The lowest BCUT2D eigenvalue weighted by molar-refractivity contribution is -0.125. The third-order valence-electron chi connectivity index (χ3n) is 5.55. The molecular formula is C26H25FN4O2. The summed E-state index contributed by atoms with van der Waals surface area (Å²) in [6.45, 7) is 6.18. The SMILES string of the molecule is C=CC(=O)N(C)CCOc1cnccc1-c1[nH]c2cccnc2c1-c1cc(CC)ccc1F. The van der Waals surface area contributed by atoms with Gasteiger partial charge in [0.2, 0.25) is 5.91 Å². The van der Waals surface area contributed by atoms with Crippen LogP contribution >= 0.6 is 0 Å². The van der Waals surface area contributed by atoms with Crippen molar-refractivity contribution in [3.63, 3.8) is 0 Å². The molecule has 4 aromatic rings. The van der Waals surface area contributed by atoms with E-state index in [0.29, 0.717) is 34.6 Å². The van der Waals surface area contributed by atoms with E-state index in [0.717, 1.165) is 23.1 Å². The van der Waals surface area contributed by atoms with Gasteiger partial charge in [0, 0.05) is 36.1 Å². The lowest BCUT2D eigenvalue weighted by atomic mass is 9.97. The number of fused-ring (bicyclic) bond motifs is 1. The smallest absolute Gasteiger partial charge is 0.245 e. The maximum atomic E-state index is 15.1. The van der Waals surface area contributed by atoms with Crippen molar-refractivity contribution in [3.8, 4) is 28.1 Å². The van der Waals surface area contributed by atoms with Gasteiger partial charge in [-0.3, -0.25) is 14.8 Å². The summed E-state index contributed by atoms with van der Waals surface area (Å²) in [7, 11) is 1.68. The molecule has 0 spiro atoms. The van der Waals surface area contributed by atoms with E-state index in [4.69, 9.17) is 4.74 Å². The molecule has 0 unspecified atom stereocenters. The average Bonchev–Trinajstić information content (AvgIpc) is 3.23. The molecule has 3 aromatic heterocycles. The first-order valence-corrected chi connectivity index (χ1v) is 10.7. The van der Waals surface area contributed by atoms with Crippen molar-refractivity contribution in [2.75, 3.05) is 20.2 Å². The molecule has 7 heteroatoms. The Morgan fingerprint density at radius 3 is 2.88 bits per heavy atom. The van der Waals surface area contributed by atoms with Crippen LogP contribution in [0.15, 0.2) is 67.6 Å². The summed E-state index contributed by atoms with van der Waals surface area (Å²) in [6.07, 6.45) is 7.03. The number of ether oxygens (including phenoxy) is 1. The van der Waals surface area contributed by atoms with Crippen LogP contribution in [0.1, 0.15) is 12.5 Å². The Morgan fingerprint density at radius 1 is 1.24 bits per heavy atom. The molecule has 0 aliphatic heterocycles. The number of H-pyrrole nitrogens is 1. The molecule has 1 N–H and O–H groups in total. The van der Waals surface area contributed by atoms with Gasteiger partial charge in [0.1, 0.15) is 18.2 Å². The van der Waals surface area contributed by atoms with Crippen LogP contribution in [0.5, 0.6) is 5.75 Å². The number of carbonyl (C=O) groups excluding carboxylic acids is 1. The molecule has 1 amide bonds. The Bertz CT molecular complexity index is 1310. The summed E-state index contributed by atoms with van der Waals surface area (Å²) in [5, 5.41) is 0. The number of nitrogens with zero attached hydrogens (tertiary/aromatic N) is 3. The number of halogens is 1. The maximum absolute atomic E-state index is 15.1. The van der Waals surface area contributed by atoms with E-state index in [2.05, 4.69) is 21.5 Å². The molecule has 0 bridgehead atoms. The van der Waals surface area contributed by atoms with Crippen molar-refractivity contribution in [2.45, 2.75) is 13.3 Å². The second-order valence-electron chi connectivity index (χ2n) is 7.63. The molecule has 0 saturated heterocycles. The van der Waals surface area contributed by atoms with Crippen molar-refractivity contribution in [2.24, 2.45) is 0 Å². The monoisotopic (exact) mass is 444 g/mol. The highest BCUT2D eigenvalue weighted by molar-refractivity contribution is 6.02. The number of benzene rings is 1. The number of nitrogens with one attached hydrogen (secondary N) is 1. The van der Waals surface area contributed by atoms with Crippen molar-refractivity contribution in [1.82, 2.24) is 19.9 Å². The van der Waals surface area contributed by atoms with Crippen molar-refractivity contribution in [1.29, 1.82) is 0 Å². The Balaban J connectivity index is 1.80. The van der Waals surface area contributed by atoms with Crippen molar-refractivity contribution in [3.05, 3.63) is 79.0 Å². The molecule has 4 rings (SSSR count). The highest BCUT2D eigenvalue weighted by Gasteiger charge is 2.21. The molecule has 1 aromatic carbocycles. The zero-order valence-electron chi connectivity index (χ0n) is 18.6. The van der Waals surface area contributed by atoms with Gasteiger partial charge in [-0.2, -0.15) is 0 Å². The lowest BCUT2D eigenvalue weighted by Crippen LogP contribution is -2.29. The minimum absolute atomic E-state index is 0.180. The minimum Gasteiger partial charge on any atom is -0.489 e. The fourth-order valence-electron chi connectivity index (χ4n) is 3.73. The molecule has 168 valence electrons. The number of rotatable bonds is 8. The number of hydrogen-bond donors (Lipinski definition) is 1. The van der Waals surface area contributed by atoms with Gasteiger partial charge >= 0.3 is 0 Å².